The van der Waals surface area contributed by atoms with Crippen LogP contribution in [-0.4, -0.2) is 39.6 Å². The van der Waals surface area contributed by atoms with Crippen LogP contribution in [0.2, 0.25) is 5.02 Å². The Kier molecular flexibility index (Phi) is 6.89. The first kappa shape index (κ1) is 24.8. The SMILES string of the molecule is Cn1cc(CCC(=O)N2CCc3cc(F)ccc3C2c2cc(Cl)ccc2OCC(=O)O)c2ccccc21. The maximum Gasteiger partial charge on any atom is 0.341 e. The van der Waals surface area contributed by atoms with Crippen LogP contribution < -0.4 is 4.74 Å². The third-order valence-electron chi connectivity index (χ3n) is 6.86. The number of aryl methyl sites for hydroxylation is 2. The fraction of sp³-hybridized carbons (Fsp3) is 0.241. The number of halogens is 2. The molecule has 0 spiro atoms. The van der Waals surface area contributed by atoms with Crippen molar-refractivity contribution in [2.45, 2.75) is 25.3 Å². The van der Waals surface area contributed by atoms with E-state index in [2.05, 4.69) is 22.9 Å². The molecule has 5 rings (SSSR count). The van der Waals surface area contributed by atoms with Crippen molar-refractivity contribution in [1.29, 1.82) is 0 Å². The normalized spacial score (nSPS) is 15.0. The van der Waals surface area contributed by atoms with Crippen molar-refractivity contribution < 1.29 is 23.8 Å². The van der Waals surface area contributed by atoms with Crippen LogP contribution in [0.3, 0.4) is 0 Å². The first-order valence-corrected chi connectivity index (χ1v) is 12.4. The smallest absolute Gasteiger partial charge is 0.341 e. The molecule has 1 aliphatic heterocycles. The van der Waals surface area contributed by atoms with Crippen LogP contribution in [0.25, 0.3) is 10.9 Å². The molecule has 4 aromatic rings. The summed E-state index contributed by atoms with van der Waals surface area (Å²) in [6, 6.07) is 17.0. The number of hydrogen-bond acceptors (Lipinski definition) is 3. The van der Waals surface area contributed by atoms with E-state index in [1.807, 2.05) is 19.2 Å². The number of carboxylic acid groups (broad SMARTS) is 1. The van der Waals surface area contributed by atoms with Gasteiger partial charge in [-0.1, -0.05) is 35.9 Å². The molecule has 1 aromatic heterocycles. The Bertz CT molecular complexity index is 1500. The maximum atomic E-state index is 14.1. The van der Waals surface area contributed by atoms with Gasteiger partial charge >= 0.3 is 5.97 Å². The molecule has 0 radical (unpaired) electrons. The van der Waals surface area contributed by atoms with Crippen molar-refractivity contribution >= 4 is 34.4 Å². The molecule has 37 heavy (non-hydrogen) atoms. The van der Waals surface area contributed by atoms with E-state index in [1.165, 1.54) is 12.1 Å². The highest BCUT2D eigenvalue weighted by atomic mass is 35.5. The highest BCUT2D eigenvalue weighted by Crippen LogP contribution is 2.41. The fourth-order valence-electron chi connectivity index (χ4n) is 5.21. The fourth-order valence-corrected chi connectivity index (χ4v) is 5.39. The van der Waals surface area contributed by atoms with Gasteiger partial charge in [-0.3, -0.25) is 4.79 Å². The largest absolute Gasteiger partial charge is 0.482 e. The predicted molar refractivity (Wildman–Crippen MR) is 139 cm³/mol. The number of carbonyl (C=O) groups is 2. The zero-order valence-corrected chi connectivity index (χ0v) is 21.0. The quantitative estimate of drug-likeness (QED) is 0.347. The lowest BCUT2D eigenvalue weighted by atomic mass is 9.87. The summed E-state index contributed by atoms with van der Waals surface area (Å²) in [5.41, 5.74) is 4.34. The molecule has 1 atom stereocenters. The summed E-state index contributed by atoms with van der Waals surface area (Å²) in [4.78, 5) is 26.7. The van der Waals surface area contributed by atoms with Crippen LogP contribution in [-0.2, 0) is 29.5 Å². The monoisotopic (exact) mass is 520 g/mol. The molecule has 0 saturated heterocycles. The van der Waals surface area contributed by atoms with Crippen molar-refractivity contribution in [1.82, 2.24) is 9.47 Å². The summed E-state index contributed by atoms with van der Waals surface area (Å²) in [5.74, 6) is -1.20. The van der Waals surface area contributed by atoms with E-state index >= 15 is 0 Å². The molecule has 1 N–H and O–H groups in total. The molecule has 0 aliphatic carbocycles. The number of fused-ring (bicyclic) bond motifs is 2. The van der Waals surface area contributed by atoms with Gasteiger partial charge in [-0.25, -0.2) is 9.18 Å². The van der Waals surface area contributed by atoms with Gasteiger partial charge in [0.15, 0.2) is 6.61 Å². The van der Waals surface area contributed by atoms with Gasteiger partial charge in [0.1, 0.15) is 11.6 Å². The molecule has 6 nitrogen and oxygen atoms in total. The van der Waals surface area contributed by atoms with Crippen molar-refractivity contribution in [3.05, 3.63) is 100.0 Å². The Morgan fingerprint density at radius 1 is 1.11 bits per heavy atom. The number of hydrogen-bond donors (Lipinski definition) is 1. The van der Waals surface area contributed by atoms with Crippen LogP contribution in [0.4, 0.5) is 4.39 Å². The van der Waals surface area contributed by atoms with Gasteiger partial charge in [0.25, 0.3) is 0 Å². The average molecular weight is 521 g/mol. The molecule has 1 aliphatic rings. The molecule has 190 valence electrons. The van der Waals surface area contributed by atoms with E-state index in [4.69, 9.17) is 21.4 Å². The van der Waals surface area contributed by atoms with Gasteiger partial charge in [-0.2, -0.15) is 0 Å². The lowest BCUT2D eigenvalue weighted by molar-refractivity contribution is -0.139. The van der Waals surface area contributed by atoms with Gasteiger partial charge < -0.3 is 19.3 Å². The minimum absolute atomic E-state index is 0.0583. The van der Waals surface area contributed by atoms with Crippen molar-refractivity contribution in [3.63, 3.8) is 0 Å². The first-order valence-electron chi connectivity index (χ1n) is 12.1. The summed E-state index contributed by atoms with van der Waals surface area (Å²) < 4.78 is 21.7. The molecule has 1 unspecified atom stereocenters. The number of aliphatic carboxylic acids is 1. The van der Waals surface area contributed by atoms with E-state index in [1.54, 1.807) is 29.2 Å². The standard InChI is InChI=1S/C29H26ClFN2O4/c1-32-16-19(22-4-2-3-5-25(22)32)6-11-27(34)33-13-12-18-14-21(31)8-9-23(18)29(33)24-15-20(30)7-10-26(24)37-17-28(35)36/h2-5,7-10,14-16,29H,6,11-13,17H2,1H3,(H,35,36). The maximum absolute atomic E-state index is 14.1. The van der Waals surface area contributed by atoms with Crippen molar-refractivity contribution in [2.24, 2.45) is 7.05 Å². The van der Waals surface area contributed by atoms with E-state index in [0.29, 0.717) is 35.7 Å². The van der Waals surface area contributed by atoms with Crippen molar-refractivity contribution in [2.75, 3.05) is 13.2 Å². The Morgan fingerprint density at radius 2 is 1.92 bits per heavy atom. The zero-order valence-electron chi connectivity index (χ0n) is 20.3. The van der Waals surface area contributed by atoms with Gasteiger partial charge in [0.2, 0.25) is 5.91 Å². The van der Waals surface area contributed by atoms with Crippen LogP contribution in [0.5, 0.6) is 5.75 Å². The van der Waals surface area contributed by atoms with Gasteiger partial charge in [-0.05, 0) is 65.9 Å². The number of ether oxygens (including phenoxy) is 1. The highest BCUT2D eigenvalue weighted by Gasteiger charge is 2.34. The number of carboxylic acids is 1. The second-order valence-corrected chi connectivity index (χ2v) is 9.67. The number of para-hydroxylation sites is 1. The van der Waals surface area contributed by atoms with Crippen LogP contribution in [0.15, 0.2) is 66.9 Å². The summed E-state index contributed by atoms with van der Waals surface area (Å²) in [5, 5.41) is 10.7. The third-order valence-corrected chi connectivity index (χ3v) is 7.09. The van der Waals surface area contributed by atoms with E-state index in [-0.39, 0.29) is 18.1 Å². The molecule has 8 heteroatoms. The average Bonchev–Trinajstić information content (AvgIpc) is 3.21. The number of aromatic nitrogens is 1. The minimum Gasteiger partial charge on any atom is -0.482 e. The topological polar surface area (TPSA) is 71.8 Å². The Hall–Kier alpha value is -3.84. The Labute approximate surface area is 218 Å². The Morgan fingerprint density at radius 3 is 2.73 bits per heavy atom. The summed E-state index contributed by atoms with van der Waals surface area (Å²) in [7, 11) is 1.99. The molecule has 0 fully saturated rings. The van der Waals surface area contributed by atoms with Crippen LogP contribution in [0.1, 0.15) is 34.7 Å². The zero-order chi connectivity index (χ0) is 26.1. The molecule has 0 bridgehead atoms. The second-order valence-electron chi connectivity index (χ2n) is 9.23. The van der Waals surface area contributed by atoms with Crippen LogP contribution >= 0.6 is 11.6 Å². The first-order chi connectivity index (χ1) is 17.8. The number of amides is 1. The lowest BCUT2D eigenvalue weighted by Crippen LogP contribution is -2.41. The van der Waals surface area contributed by atoms with E-state index in [0.717, 1.165) is 27.6 Å². The Balaban J connectivity index is 1.50. The van der Waals surface area contributed by atoms with Gasteiger partial charge in [0.05, 0.1) is 6.04 Å². The predicted octanol–water partition coefficient (Wildman–Crippen LogP) is 5.54. The molecule has 2 heterocycles. The van der Waals surface area contributed by atoms with Crippen molar-refractivity contribution in [3.8, 4) is 5.75 Å². The molecule has 0 saturated carbocycles. The summed E-state index contributed by atoms with van der Waals surface area (Å²) in [6.45, 7) is -0.146. The summed E-state index contributed by atoms with van der Waals surface area (Å²) in [6.07, 6.45) is 3.42. The van der Waals surface area contributed by atoms with Crippen LogP contribution in [0, 0.1) is 5.82 Å². The lowest BCUT2D eigenvalue weighted by Gasteiger charge is -2.38. The molecule has 1 amide bonds. The van der Waals surface area contributed by atoms with Gasteiger partial charge in [-0.15, -0.1) is 0 Å². The molecular formula is C29H26ClFN2O4. The highest BCUT2D eigenvalue weighted by molar-refractivity contribution is 6.30. The third kappa shape index (κ3) is 5.04. The molecular weight excluding hydrogens is 495 g/mol. The number of nitrogens with zero attached hydrogens (tertiary/aromatic N) is 2. The van der Waals surface area contributed by atoms with E-state index in [9.17, 15) is 14.0 Å². The number of rotatable bonds is 7. The number of carbonyl (C=O) groups excluding carboxylic acids is 1. The molecule has 3 aromatic carbocycles. The summed E-state index contributed by atoms with van der Waals surface area (Å²) >= 11 is 6.34. The van der Waals surface area contributed by atoms with Gasteiger partial charge in [0, 0.05) is 47.7 Å². The van der Waals surface area contributed by atoms with E-state index < -0.39 is 18.6 Å². The minimum atomic E-state index is -1.12. The number of benzene rings is 3. The second kappa shape index (κ2) is 10.3.